The van der Waals surface area contributed by atoms with Gasteiger partial charge in [0.25, 0.3) is 0 Å². The van der Waals surface area contributed by atoms with Crippen molar-refractivity contribution in [2.45, 2.75) is 24.8 Å². The molecule has 2 aromatic rings. The predicted molar refractivity (Wildman–Crippen MR) is 95.1 cm³/mol. The lowest BCUT2D eigenvalue weighted by Crippen LogP contribution is -2.30. The maximum atomic E-state index is 11.3. The van der Waals surface area contributed by atoms with Crippen LogP contribution < -0.4 is 24.3 Å². The summed E-state index contributed by atoms with van der Waals surface area (Å²) in [7, 11) is 3.24. The monoisotopic (exact) mass is 355 g/mol. The summed E-state index contributed by atoms with van der Waals surface area (Å²) in [6.45, 7) is 0.239. The van der Waals surface area contributed by atoms with Gasteiger partial charge in [-0.2, -0.15) is 0 Å². The fraction of sp³-hybridized carbons (Fsp3) is 0.350. The molecular formula is C20H21NO5. The van der Waals surface area contributed by atoms with Crippen molar-refractivity contribution < 1.29 is 23.7 Å². The van der Waals surface area contributed by atoms with Crippen molar-refractivity contribution in [1.82, 2.24) is 5.32 Å². The Morgan fingerprint density at radius 3 is 2.58 bits per heavy atom. The van der Waals surface area contributed by atoms with Crippen molar-refractivity contribution in [2.24, 2.45) is 0 Å². The van der Waals surface area contributed by atoms with Crippen LogP contribution in [0.5, 0.6) is 23.0 Å². The van der Waals surface area contributed by atoms with Gasteiger partial charge in [0.05, 0.1) is 20.3 Å². The summed E-state index contributed by atoms with van der Waals surface area (Å²) in [6, 6.07) is 9.81. The first-order chi connectivity index (χ1) is 12.7. The molecule has 1 heterocycles. The van der Waals surface area contributed by atoms with Crippen LogP contribution in [0.25, 0.3) is 0 Å². The number of aryl methyl sites for hydroxylation is 1. The highest BCUT2D eigenvalue weighted by molar-refractivity contribution is 5.56. The van der Waals surface area contributed by atoms with Crippen LogP contribution in [0.4, 0.5) is 0 Å². The number of methoxy groups -OCH3 is 2. The Morgan fingerprint density at radius 2 is 1.85 bits per heavy atom. The lowest BCUT2D eigenvalue weighted by molar-refractivity contribution is -0.110. The lowest BCUT2D eigenvalue weighted by Gasteiger charge is -2.34. The van der Waals surface area contributed by atoms with Gasteiger partial charge in [-0.25, -0.2) is 0 Å². The van der Waals surface area contributed by atoms with E-state index in [1.165, 1.54) is 5.56 Å². The molecule has 1 N–H and O–H groups in total. The van der Waals surface area contributed by atoms with Gasteiger partial charge in [0.15, 0.2) is 23.0 Å². The molecule has 136 valence electrons. The van der Waals surface area contributed by atoms with E-state index in [0.29, 0.717) is 11.5 Å². The van der Waals surface area contributed by atoms with E-state index in [2.05, 4.69) is 5.32 Å². The molecule has 2 aromatic carbocycles. The van der Waals surface area contributed by atoms with Crippen molar-refractivity contribution in [3.05, 3.63) is 47.0 Å². The van der Waals surface area contributed by atoms with Crippen LogP contribution in [0, 0.1) is 0 Å². The molecule has 0 bridgehead atoms. The average Bonchev–Trinajstić information content (AvgIpc) is 3.13. The normalized spacial score (nSPS) is 20.2. The van der Waals surface area contributed by atoms with Gasteiger partial charge in [-0.3, -0.25) is 4.79 Å². The zero-order valence-electron chi connectivity index (χ0n) is 14.8. The minimum Gasteiger partial charge on any atom is -0.493 e. The van der Waals surface area contributed by atoms with Gasteiger partial charge in [0, 0.05) is 5.92 Å². The minimum absolute atomic E-state index is 0.132. The third kappa shape index (κ3) is 2.71. The molecule has 1 aliphatic heterocycles. The van der Waals surface area contributed by atoms with E-state index in [9.17, 15) is 4.79 Å². The molecule has 26 heavy (non-hydrogen) atoms. The summed E-state index contributed by atoms with van der Waals surface area (Å²) >= 11 is 0. The van der Waals surface area contributed by atoms with Gasteiger partial charge < -0.3 is 24.3 Å². The number of amides is 1. The summed E-state index contributed by atoms with van der Waals surface area (Å²) in [6.07, 6.45) is 2.58. The maximum absolute atomic E-state index is 11.3. The molecule has 0 spiro atoms. The molecule has 0 saturated heterocycles. The first-order valence-corrected chi connectivity index (χ1v) is 8.59. The highest BCUT2D eigenvalue weighted by atomic mass is 16.7. The Bertz CT molecular complexity index is 835. The van der Waals surface area contributed by atoms with Crippen LogP contribution >= 0.6 is 0 Å². The highest BCUT2D eigenvalue weighted by Gasteiger charge is 2.33. The number of benzene rings is 2. The SMILES string of the molecule is COc1ccc(C2CCc3cc4c(cc3C2NC=O)OCO4)cc1OC. The molecule has 1 amide bonds. The Hall–Kier alpha value is -2.89. The van der Waals surface area contributed by atoms with Crippen molar-refractivity contribution in [1.29, 1.82) is 0 Å². The van der Waals surface area contributed by atoms with Gasteiger partial charge in [-0.05, 0) is 53.8 Å². The molecule has 0 fully saturated rings. The molecular weight excluding hydrogens is 334 g/mol. The second-order valence-corrected chi connectivity index (χ2v) is 6.43. The van der Waals surface area contributed by atoms with E-state index >= 15 is 0 Å². The zero-order valence-corrected chi connectivity index (χ0v) is 14.8. The molecule has 2 aliphatic rings. The summed E-state index contributed by atoms with van der Waals surface area (Å²) in [5, 5.41) is 3.00. The molecule has 6 heteroatoms. The van der Waals surface area contributed by atoms with Gasteiger partial charge in [0.1, 0.15) is 0 Å². The van der Waals surface area contributed by atoms with Crippen molar-refractivity contribution in [3.63, 3.8) is 0 Å². The number of hydrogen-bond donors (Lipinski definition) is 1. The number of ether oxygens (including phenoxy) is 4. The third-order valence-electron chi connectivity index (χ3n) is 5.18. The van der Waals surface area contributed by atoms with Crippen LogP contribution in [-0.4, -0.2) is 27.4 Å². The number of nitrogens with one attached hydrogen (secondary N) is 1. The van der Waals surface area contributed by atoms with Crippen LogP contribution in [0.3, 0.4) is 0 Å². The Morgan fingerprint density at radius 1 is 1.08 bits per heavy atom. The van der Waals surface area contributed by atoms with Crippen LogP contribution in [0.1, 0.15) is 35.1 Å². The molecule has 4 rings (SSSR count). The maximum Gasteiger partial charge on any atom is 0.231 e. The fourth-order valence-corrected chi connectivity index (χ4v) is 3.92. The molecule has 0 radical (unpaired) electrons. The molecule has 1 aliphatic carbocycles. The largest absolute Gasteiger partial charge is 0.493 e. The zero-order chi connectivity index (χ0) is 18.1. The second-order valence-electron chi connectivity index (χ2n) is 6.43. The molecule has 2 unspecified atom stereocenters. The lowest BCUT2D eigenvalue weighted by atomic mass is 9.76. The van der Waals surface area contributed by atoms with E-state index < -0.39 is 0 Å². The van der Waals surface area contributed by atoms with E-state index in [4.69, 9.17) is 18.9 Å². The van der Waals surface area contributed by atoms with Crippen molar-refractivity contribution >= 4 is 6.41 Å². The van der Waals surface area contributed by atoms with Crippen LogP contribution in [0.15, 0.2) is 30.3 Å². The first-order valence-electron chi connectivity index (χ1n) is 8.59. The quantitative estimate of drug-likeness (QED) is 0.836. The topological polar surface area (TPSA) is 66.0 Å². The summed E-state index contributed by atoms with van der Waals surface area (Å²) in [5.41, 5.74) is 3.36. The average molecular weight is 355 g/mol. The smallest absolute Gasteiger partial charge is 0.231 e. The first kappa shape index (κ1) is 16.6. The van der Waals surface area contributed by atoms with Gasteiger partial charge in [0.2, 0.25) is 13.2 Å². The summed E-state index contributed by atoms with van der Waals surface area (Å²) in [4.78, 5) is 11.3. The highest BCUT2D eigenvalue weighted by Crippen LogP contribution is 2.46. The Labute approximate surface area is 152 Å². The Kier molecular flexibility index (Phi) is 4.32. The molecule has 0 saturated carbocycles. The number of fused-ring (bicyclic) bond motifs is 2. The van der Waals surface area contributed by atoms with Gasteiger partial charge in [-0.1, -0.05) is 6.07 Å². The summed E-state index contributed by atoms with van der Waals surface area (Å²) in [5.74, 6) is 3.02. The van der Waals surface area contributed by atoms with Gasteiger partial charge in [-0.15, -0.1) is 0 Å². The number of carbonyl (C=O) groups is 1. The van der Waals surface area contributed by atoms with Crippen LogP contribution in [0.2, 0.25) is 0 Å². The van der Waals surface area contributed by atoms with E-state index in [-0.39, 0.29) is 18.8 Å². The van der Waals surface area contributed by atoms with Gasteiger partial charge >= 0.3 is 0 Å². The Balaban J connectivity index is 1.74. The fourth-order valence-electron chi connectivity index (χ4n) is 3.92. The molecule has 6 nitrogen and oxygen atoms in total. The molecule has 0 aromatic heterocycles. The van der Waals surface area contributed by atoms with Crippen molar-refractivity contribution in [3.8, 4) is 23.0 Å². The second kappa shape index (κ2) is 6.78. The third-order valence-corrected chi connectivity index (χ3v) is 5.18. The van der Waals surface area contributed by atoms with Crippen molar-refractivity contribution in [2.75, 3.05) is 21.0 Å². The molecule has 2 atom stereocenters. The van der Waals surface area contributed by atoms with E-state index in [1.54, 1.807) is 14.2 Å². The number of rotatable bonds is 5. The standard InChI is InChI=1S/C20H21NO5/c1-23-16-6-4-12(7-17(16)24-2)14-5-3-13-8-18-19(26-11-25-18)9-15(13)20(14)21-10-22/h4,6-10,14,20H,3,5,11H2,1-2H3,(H,21,22). The van der Waals surface area contributed by atoms with E-state index in [0.717, 1.165) is 41.9 Å². The minimum atomic E-state index is -0.135. The number of hydrogen-bond acceptors (Lipinski definition) is 5. The number of carbonyl (C=O) groups excluding carboxylic acids is 1. The summed E-state index contributed by atoms with van der Waals surface area (Å²) < 4.78 is 21.8. The van der Waals surface area contributed by atoms with E-state index in [1.807, 2.05) is 30.3 Å². The predicted octanol–water partition coefficient (Wildman–Crippen LogP) is 2.95. The van der Waals surface area contributed by atoms with Crippen LogP contribution in [-0.2, 0) is 11.2 Å².